The van der Waals surface area contributed by atoms with Crippen molar-refractivity contribution in [3.05, 3.63) is 30.3 Å². The van der Waals surface area contributed by atoms with Crippen LogP contribution in [0.15, 0.2) is 30.3 Å². The Hall–Kier alpha value is -1.55. The Morgan fingerprint density at radius 2 is 1.85 bits per heavy atom. The van der Waals surface area contributed by atoms with Crippen LogP contribution in [0.25, 0.3) is 0 Å². The highest BCUT2D eigenvalue weighted by molar-refractivity contribution is 5.94. The van der Waals surface area contributed by atoms with Crippen molar-refractivity contribution in [3.8, 4) is 0 Å². The molecular weight excluding hydrogens is 250 g/mol. The Morgan fingerprint density at radius 1 is 1.05 bits per heavy atom. The van der Waals surface area contributed by atoms with E-state index in [9.17, 15) is 4.79 Å². The van der Waals surface area contributed by atoms with Crippen molar-refractivity contribution in [2.75, 3.05) is 37.6 Å². The summed E-state index contributed by atoms with van der Waals surface area (Å²) in [6.07, 6.45) is 2.81. The molecule has 0 radical (unpaired) electrons. The van der Waals surface area contributed by atoms with Crippen LogP contribution in [0.4, 0.5) is 10.5 Å². The largest absolute Gasteiger partial charge is 0.324 e. The number of carbonyl (C=O) groups is 1. The van der Waals surface area contributed by atoms with E-state index in [4.69, 9.17) is 0 Å². The minimum atomic E-state index is 0.187. The molecule has 1 aromatic rings. The minimum Gasteiger partial charge on any atom is -0.317 e. The topological polar surface area (TPSA) is 26.8 Å². The van der Waals surface area contributed by atoms with Crippen LogP contribution in [-0.4, -0.2) is 54.6 Å². The fourth-order valence-corrected chi connectivity index (χ4v) is 3.43. The Kier molecular flexibility index (Phi) is 2.91. The van der Waals surface area contributed by atoms with E-state index in [-0.39, 0.29) is 6.03 Å². The summed E-state index contributed by atoms with van der Waals surface area (Å²) in [7, 11) is 0. The summed E-state index contributed by atoms with van der Waals surface area (Å²) in [5.41, 5.74) is 1.03. The number of rotatable bonds is 3. The third-order valence-corrected chi connectivity index (χ3v) is 4.72. The molecule has 2 saturated heterocycles. The average molecular weight is 271 g/mol. The number of urea groups is 1. The summed E-state index contributed by atoms with van der Waals surface area (Å²) in [5.74, 6) is 0.934. The Labute approximate surface area is 120 Å². The molecule has 4 nitrogen and oxygen atoms in total. The van der Waals surface area contributed by atoms with Crippen LogP contribution in [-0.2, 0) is 0 Å². The van der Waals surface area contributed by atoms with Crippen molar-refractivity contribution in [2.24, 2.45) is 5.92 Å². The smallest absolute Gasteiger partial charge is 0.317 e. The predicted molar refractivity (Wildman–Crippen MR) is 78.8 cm³/mol. The van der Waals surface area contributed by atoms with E-state index in [1.807, 2.05) is 35.2 Å². The van der Waals surface area contributed by atoms with Gasteiger partial charge in [0, 0.05) is 38.4 Å². The molecule has 1 aliphatic carbocycles. The number of para-hydroxylation sites is 1. The SMILES string of the molecule is O=C1N(c2ccccc2)CC2CN(CC3CC3)CCN12. The maximum Gasteiger partial charge on any atom is 0.324 e. The van der Waals surface area contributed by atoms with Gasteiger partial charge >= 0.3 is 6.03 Å². The summed E-state index contributed by atoms with van der Waals surface area (Å²) >= 11 is 0. The standard InChI is InChI=1S/C16H21N3O/c20-16-18-9-8-17(10-13-6-7-13)11-15(18)12-19(16)14-4-2-1-3-5-14/h1-5,13,15H,6-12H2. The third-order valence-electron chi connectivity index (χ3n) is 4.72. The van der Waals surface area contributed by atoms with Gasteiger partial charge in [0.05, 0.1) is 6.04 Å². The van der Waals surface area contributed by atoms with E-state index >= 15 is 0 Å². The lowest BCUT2D eigenvalue weighted by Crippen LogP contribution is -2.52. The van der Waals surface area contributed by atoms with Crippen LogP contribution < -0.4 is 4.90 Å². The highest BCUT2D eigenvalue weighted by atomic mass is 16.2. The summed E-state index contributed by atoms with van der Waals surface area (Å²) in [5, 5.41) is 0. The fraction of sp³-hybridized carbons (Fsp3) is 0.562. The fourth-order valence-electron chi connectivity index (χ4n) is 3.43. The van der Waals surface area contributed by atoms with Gasteiger partial charge in [0.1, 0.15) is 0 Å². The molecule has 2 aliphatic heterocycles. The first-order valence-electron chi connectivity index (χ1n) is 7.67. The quantitative estimate of drug-likeness (QED) is 0.841. The monoisotopic (exact) mass is 271 g/mol. The van der Waals surface area contributed by atoms with E-state index in [1.54, 1.807) is 0 Å². The summed E-state index contributed by atoms with van der Waals surface area (Å²) in [6, 6.07) is 10.6. The number of hydrogen-bond donors (Lipinski definition) is 0. The molecule has 0 bridgehead atoms. The Morgan fingerprint density at radius 3 is 2.60 bits per heavy atom. The molecule has 1 atom stereocenters. The first-order chi connectivity index (χ1) is 9.81. The van der Waals surface area contributed by atoms with Gasteiger partial charge in [0.25, 0.3) is 0 Å². The van der Waals surface area contributed by atoms with Crippen LogP contribution in [0.2, 0.25) is 0 Å². The maximum atomic E-state index is 12.5. The molecule has 2 amide bonds. The molecule has 0 aromatic heterocycles. The average Bonchev–Trinajstić information content (AvgIpc) is 3.23. The van der Waals surface area contributed by atoms with Crippen LogP contribution in [0, 0.1) is 5.92 Å². The van der Waals surface area contributed by atoms with Gasteiger partial charge in [-0.25, -0.2) is 4.79 Å². The minimum absolute atomic E-state index is 0.187. The second-order valence-corrected chi connectivity index (χ2v) is 6.28. The lowest BCUT2D eigenvalue weighted by molar-refractivity contribution is 0.118. The zero-order chi connectivity index (χ0) is 13.5. The van der Waals surface area contributed by atoms with Crippen molar-refractivity contribution in [1.82, 2.24) is 9.80 Å². The zero-order valence-electron chi connectivity index (χ0n) is 11.7. The lowest BCUT2D eigenvalue weighted by Gasteiger charge is -2.36. The molecule has 4 rings (SSSR count). The number of carbonyl (C=O) groups excluding carboxylic acids is 1. The molecule has 3 fully saturated rings. The molecular formula is C16H21N3O. The van der Waals surface area contributed by atoms with Gasteiger partial charge in [0.15, 0.2) is 0 Å². The van der Waals surface area contributed by atoms with Crippen LogP contribution in [0.3, 0.4) is 0 Å². The number of amides is 2. The number of fused-ring (bicyclic) bond motifs is 1. The number of hydrogen-bond acceptors (Lipinski definition) is 2. The molecule has 0 N–H and O–H groups in total. The predicted octanol–water partition coefficient (Wildman–Crippen LogP) is 2.02. The normalized spacial score (nSPS) is 27.0. The first kappa shape index (κ1) is 12.2. The molecule has 106 valence electrons. The zero-order valence-corrected chi connectivity index (χ0v) is 11.7. The van der Waals surface area contributed by atoms with E-state index in [0.29, 0.717) is 6.04 Å². The van der Waals surface area contributed by atoms with Gasteiger partial charge in [-0.05, 0) is 30.9 Å². The van der Waals surface area contributed by atoms with Gasteiger partial charge in [-0.2, -0.15) is 0 Å². The Balaban J connectivity index is 1.47. The van der Waals surface area contributed by atoms with Gasteiger partial charge in [0.2, 0.25) is 0 Å². The molecule has 3 aliphatic rings. The van der Waals surface area contributed by atoms with Gasteiger partial charge in [-0.1, -0.05) is 18.2 Å². The van der Waals surface area contributed by atoms with Gasteiger partial charge < -0.3 is 4.90 Å². The molecule has 20 heavy (non-hydrogen) atoms. The van der Waals surface area contributed by atoms with E-state index in [2.05, 4.69) is 9.80 Å². The van der Waals surface area contributed by atoms with Crippen molar-refractivity contribution in [2.45, 2.75) is 18.9 Å². The van der Waals surface area contributed by atoms with Crippen LogP contribution >= 0.6 is 0 Å². The summed E-state index contributed by atoms with van der Waals surface area (Å²) in [4.78, 5) is 19.1. The lowest BCUT2D eigenvalue weighted by atomic mass is 10.2. The number of benzene rings is 1. The molecule has 1 saturated carbocycles. The van der Waals surface area contributed by atoms with E-state index < -0.39 is 0 Å². The Bertz CT molecular complexity index is 500. The number of anilines is 1. The second-order valence-electron chi connectivity index (χ2n) is 6.28. The van der Waals surface area contributed by atoms with Gasteiger partial charge in [-0.3, -0.25) is 9.80 Å². The van der Waals surface area contributed by atoms with Crippen molar-refractivity contribution >= 4 is 11.7 Å². The van der Waals surface area contributed by atoms with Gasteiger partial charge in [-0.15, -0.1) is 0 Å². The molecule has 0 spiro atoms. The summed E-state index contributed by atoms with van der Waals surface area (Å²) in [6.45, 7) is 5.06. The maximum absolute atomic E-state index is 12.5. The van der Waals surface area contributed by atoms with Crippen molar-refractivity contribution in [3.63, 3.8) is 0 Å². The van der Waals surface area contributed by atoms with E-state index in [0.717, 1.165) is 37.8 Å². The highest BCUT2D eigenvalue weighted by Crippen LogP contribution is 2.32. The molecule has 4 heteroatoms. The number of piperazine rings is 1. The van der Waals surface area contributed by atoms with Crippen molar-refractivity contribution in [1.29, 1.82) is 0 Å². The third kappa shape index (κ3) is 2.18. The molecule has 1 unspecified atom stereocenters. The highest BCUT2D eigenvalue weighted by Gasteiger charge is 2.41. The second kappa shape index (κ2) is 4.77. The first-order valence-corrected chi connectivity index (χ1v) is 7.67. The van der Waals surface area contributed by atoms with Crippen LogP contribution in [0.1, 0.15) is 12.8 Å². The van der Waals surface area contributed by atoms with Crippen LogP contribution in [0.5, 0.6) is 0 Å². The number of nitrogens with zero attached hydrogens (tertiary/aromatic N) is 3. The van der Waals surface area contributed by atoms with E-state index in [1.165, 1.54) is 19.4 Å². The molecule has 1 aromatic carbocycles. The van der Waals surface area contributed by atoms with Crippen molar-refractivity contribution < 1.29 is 4.79 Å². The molecule has 2 heterocycles. The summed E-state index contributed by atoms with van der Waals surface area (Å²) < 4.78 is 0.